The molecule has 1 aliphatic carbocycles. The Balaban J connectivity index is 2.27. The van der Waals surface area contributed by atoms with Crippen LogP contribution >= 0.6 is 0 Å². The van der Waals surface area contributed by atoms with Crippen LogP contribution in [0.25, 0.3) is 0 Å². The van der Waals surface area contributed by atoms with Gasteiger partial charge in [0.2, 0.25) is 0 Å². The summed E-state index contributed by atoms with van der Waals surface area (Å²) in [7, 11) is 0. The van der Waals surface area contributed by atoms with Crippen molar-refractivity contribution >= 4 is 5.97 Å². The summed E-state index contributed by atoms with van der Waals surface area (Å²) in [6.45, 7) is 1.94. The zero-order valence-corrected chi connectivity index (χ0v) is 9.46. The fraction of sp³-hybridized carbons (Fsp3) is 0.417. The van der Waals surface area contributed by atoms with Gasteiger partial charge in [0.1, 0.15) is 5.92 Å². The summed E-state index contributed by atoms with van der Waals surface area (Å²) in [6, 6.07) is 8.63. The summed E-state index contributed by atoms with van der Waals surface area (Å²) in [5, 5.41) is 11.2. The van der Waals surface area contributed by atoms with Crippen LogP contribution in [0.3, 0.4) is 0 Å². The minimum absolute atomic E-state index is 0.225. The summed E-state index contributed by atoms with van der Waals surface area (Å²) < 4.78 is 4.85. The van der Waals surface area contributed by atoms with Gasteiger partial charge < -0.3 is 4.74 Å². The number of nitro groups is 1. The van der Waals surface area contributed by atoms with Gasteiger partial charge in [-0.15, -0.1) is 0 Å². The van der Waals surface area contributed by atoms with Gasteiger partial charge in [0.15, 0.2) is 0 Å². The largest absolute Gasteiger partial charge is 0.466 e. The lowest BCUT2D eigenvalue weighted by Gasteiger charge is -2.09. The Hall–Kier alpha value is -1.91. The Morgan fingerprint density at radius 3 is 2.71 bits per heavy atom. The topological polar surface area (TPSA) is 69.4 Å². The van der Waals surface area contributed by atoms with E-state index in [1.807, 2.05) is 0 Å². The van der Waals surface area contributed by atoms with Gasteiger partial charge in [-0.3, -0.25) is 14.9 Å². The van der Waals surface area contributed by atoms with Gasteiger partial charge in [-0.05, 0) is 6.92 Å². The molecule has 0 aromatic heterocycles. The predicted molar refractivity (Wildman–Crippen MR) is 59.9 cm³/mol. The molecule has 1 aromatic carbocycles. The van der Waals surface area contributed by atoms with Crippen molar-refractivity contribution in [2.45, 2.75) is 18.9 Å². The van der Waals surface area contributed by atoms with Crippen molar-refractivity contribution in [2.75, 3.05) is 6.61 Å². The van der Waals surface area contributed by atoms with Gasteiger partial charge in [-0.1, -0.05) is 30.3 Å². The molecule has 1 aromatic rings. The summed E-state index contributed by atoms with van der Waals surface area (Å²) in [5.41, 5.74) is -0.698. The van der Waals surface area contributed by atoms with Crippen molar-refractivity contribution in [3.05, 3.63) is 46.0 Å². The molecule has 17 heavy (non-hydrogen) atoms. The number of hydrogen-bond acceptors (Lipinski definition) is 4. The molecule has 1 aliphatic rings. The lowest BCUT2D eigenvalue weighted by molar-refractivity contribution is -0.549. The molecule has 1 fully saturated rings. The van der Waals surface area contributed by atoms with Gasteiger partial charge in [0, 0.05) is 16.9 Å². The van der Waals surface area contributed by atoms with Crippen LogP contribution in [0.4, 0.5) is 0 Å². The highest BCUT2D eigenvalue weighted by molar-refractivity contribution is 5.78. The van der Waals surface area contributed by atoms with Gasteiger partial charge >= 0.3 is 5.97 Å². The summed E-state index contributed by atoms with van der Waals surface area (Å²) in [6.07, 6.45) is 0.225. The number of esters is 1. The lowest BCUT2D eigenvalue weighted by atomic mass is 10.0. The van der Waals surface area contributed by atoms with Crippen LogP contribution in [0.1, 0.15) is 18.9 Å². The van der Waals surface area contributed by atoms with E-state index in [9.17, 15) is 14.9 Å². The van der Waals surface area contributed by atoms with Crippen molar-refractivity contribution in [2.24, 2.45) is 5.92 Å². The molecule has 0 saturated heterocycles. The van der Waals surface area contributed by atoms with Gasteiger partial charge in [0.25, 0.3) is 5.54 Å². The smallest absolute Gasteiger partial charge is 0.316 e. The Morgan fingerprint density at radius 2 is 2.18 bits per heavy atom. The number of rotatable bonds is 4. The van der Waals surface area contributed by atoms with E-state index in [0.717, 1.165) is 0 Å². The second kappa shape index (κ2) is 4.16. The highest BCUT2D eigenvalue weighted by Crippen LogP contribution is 2.55. The molecule has 90 valence electrons. The average molecular weight is 235 g/mol. The number of carbonyl (C=O) groups excluding carboxylic acids is 1. The van der Waals surface area contributed by atoms with E-state index >= 15 is 0 Å². The van der Waals surface area contributed by atoms with Gasteiger partial charge in [0.05, 0.1) is 6.61 Å². The first kappa shape index (κ1) is 11.6. The van der Waals surface area contributed by atoms with Crippen molar-refractivity contribution in [3.63, 3.8) is 0 Å². The van der Waals surface area contributed by atoms with E-state index in [1.165, 1.54) is 0 Å². The lowest BCUT2D eigenvalue weighted by Crippen LogP contribution is -2.25. The number of ether oxygens (including phenoxy) is 1. The number of carbonyl (C=O) groups is 1. The average Bonchev–Trinajstić information content (AvgIpc) is 3.07. The summed E-state index contributed by atoms with van der Waals surface area (Å²) >= 11 is 0. The Labute approximate surface area is 98.5 Å². The van der Waals surface area contributed by atoms with Crippen molar-refractivity contribution < 1.29 is 14.5 Å². The van der Waals surface area contributed by atoms with Crippen LogP contribution < -0.4 is 0 Å². The Morgan fingerprint density at radius 1 is 1.53 bits per heavy atom. The molecular formula is C12H13NO4. The quantitative estimate of drug-likeness (QED) is 0.453. The van der Waals surface area contributed by atoms with E-state index < -0.39 is 17.4 Å². The zero-order valence-electron chi connectivity index (χ0n) is 9.46. The standard InChI is InChI=1S/C12H13NO4/c1-2-17-11(14)10-8-12(10,13(15)16)9-6-4-3-5-7-9/h3-7,10H,2,8H2,1H3. The molecule has 2 unspecified atom stereocenters. The molecule has 0 amide bonds. The van der Waals surface area contributed by atoms with Crippen LogP contribution in [-0.2, 0) is 15.1 Å². The monoisotopic (exact) mass is 235 g/mol. The number of hydrogen-bond donors (Lipinski definition) is 0. The van der Waals surface area contributed by atoms with Crippen LogP contribution in [0.5, 0.6) is 0 Å². The molecule has 2 rings (SSSR count). The first-order valence-electron chi connectivity index (χ1n) is 5.49. The molecule has 5 nitrogen and oxygen atoms in total. The maximum Gasteiger partial charge on any atom is 0.316 e. The zero-order chi connectivity index (χ0) is 12.5. The second-order valence-electron chi connectivity index (χ2n) is 4.06. The van der Waals surface area contributed by atoms with E-state index in [-0.39, 0.29) is 18.0 Å². The molecular weight excluding hydrogens is 222 g/mol. The van der Waals surface area contributed by atoms with Gasteiger partial charge in [-0.25, -0.2) is 0 Å². The second-order valence-corrected chi connectivity index (χ2v) is 4.06. The highest BCUT2D eigenvalue weighted by Gasteiger charge is 2.71. The number of nitrogens with zero attached hydrogens (tertiary/aromatic N) is 1. The van der Waals surface area contributed by atoms with E-state index in [1.54, 1.807) is 37.3 Å². The van der Waals surface area contributed by atoms with Crippen molar-refractivity contribution in [1.29, 1.82) is 0 Å². The maximum absolute atomic E-state index is 11.6. The maximum atomic E-state index is 11.6. The molecule has 0 spiro atoms. The highest BCUT2D eigenvalue weighted by atomic mass is 16.6. The Bertz CT molecular complexity index is 445. The molecule has 2 atom stereocenters. The third-order valence-electron chi connectivity index (χ3n) is 3.10. The van der Waals surface area contributed by atoms with Crippen molar-refractivity contribution in [1.82, 2.24) is 0 Å². The van der Waals surface area contributed by atoms with E-state index in [2.05, 4.69) is 0 Å². The van der Waals surface area contributed by atoms with Crippen LogP contribution in [0.2, 0.25) is 0 Å². The first-order chi connectivity index (χ1) is 8.13. The predicted octanol–water partition coefficient (Wildman–Crippen LogP) is 1.74. The molecule has 0 radical (unpaired) electrons. The van der Waals surface area contributed by atoms with Gasteiger partial charge in [-0.2, -0.15) is 0 Å². The number of benzene rings is 1. The van der Waals surface area contributed by atoms with Crippen LogP contribution in [0, 0.1) is 16.0 Å². The fourth-order valence-corrected chi connectivity index (χ4v) is 2.13. The van der Waals surface area contributed by atoms with Crippen LogP contribution in [-0.4, -0.2) is 17.5 Å². The third-order valence-corrected chi connectivity index (χ3v) is 3.10. The Kier molecular flexibility index (Phi) is 2.83. The minimum atomic E-state index is -1.27. The van der Waals surface area contributed by atoms with Crippen molar-refractivity contribution in [3.8, 4) is 0 Å². The van der Waals surface area contributed by atoms with Crippen LogP contribution in [0.15, 0.2) is 30.3 Å². The molecule has 0 bridgehead atoms. The molecule has 1 saturated carbocycles. The first-order valence-corrected chi connectivity index (χ1v) is 5.49. The third kappa shape index (κ3) is 1.77. The minimum Gasteiger partial charge on any atom is -0.466 e. The summed E-state index contributed by atoms with van der Waals surface area (Å²) in [4.78, 5) is 22.4. The molecule has 0 aliphatic heterocycles. The molecule has 0 N–H and O–H groups in total. The fourth-order valence-electron chi connectivity index (χ4n) is 2.13. The SMILES string of the molecule is CCOC(=O)C1CC1(c1ccccc1)[N+](=O)[O-]. The molecule has 0 heterocycles. The normalized spacial score (nSPS) is 26.3. The van der Waals surface area contributed by atoms with E-state index in [0.29, 0.717) is 5.56 Å². The summed E-state index contributed by atoms with van der Waals surface area (Å²) in [5.74, 6) is -1.13. The molecule has 5 heteroatoms. The van der Waals surface area contributed by atoms with E-state index in [4.69, 9.17) is 4.74 Å².